The fraction of sp³-hybridized carbons (Fsp3) is 0.586. The van der Waals surface area contributed by atoms with Gasteiger partial charge in [0.15, 0.2) is 18.1 Å². The number of fused-ring (bicyclic) bond motifs is 1. The van der Waals surface area contributed by atoms with Crippen molar-refractivity contribution in [2.45, 2.75) is 57.6 Å². The number of nitrogens with two attached hydrogens (primary N) is 1. The van der Waals surface area contributed by atoms with Crippen LogP contribution in [0.1, 0.15) is 55.2 Å². The number of amides is 2. The number of hydrogen-bond acceptors (Lipinski definition) is 10. The number of hydrogen-bond donors (Lipinski definition) is 4. The minimum Gasteiger partial charge on any atom is -0.482 e. The van der Waals surface area contributed by atoms with E-state index in [0.29, 0.717) is 41.6 Å². The van der Waals surface area contributed by atoms with Crippen molar-refractivity contribution in [3.05, 3.63) is 29.6 Å². The lowest BCUT2D eigenvalue weighted by molar-refractivity contribution is -0.121. The normalized spacial score (nSPS) is 21.7. The number of benzene rings is 1. The summed E-state index contributed by atoms with van der Waals surface area (Å²) in [7, 11) is 2.14. The first-order chi connectivity index (χ1) is 19.8. The Morgan fingerprint density at radius 3 is 2.56 bits per heavy atom. The second kappa shape index (κ2) is 13.0. The van der Waals surface area contributed by atoms with Crippen molar-refractivity contribution in [3.63, 3.8) is 0 Å². The number of aliphatic hydroxyl groups is 1. The Labute approximate surface area is 241 Å². The zero-order valence-electron chi connectivity index (χ0n) is 24.1. The van der Waals surface area contributed by atoms with Gasteiger partial charge in [-0.2, -0.15) is 0 Å². The number of primary amides is 1. The monoisotopic (exact) mass is 566 g/mol. The van der Waals surface area contributed by atoms with Crippen LogP contribution in [-0.4, -0.2) is 102 Å². The lowest BCUT2D eigenvalue weighted by atomic mass is 9.93. The summed E-state index contributed by atoms with van der Waals surface area (Å²) in [6.45, 7) is 7.69. The predicted molar refractivity (Wildman–Crippen MR) is 158 cm³/mol. The smallest absolute Gasteiger partial charge is 0.271 e. The highest BCUT2D eigenvalue weighted by Crippen LogP contribution is 2.36. The van der Waals surface area contributed by atoms with Gasteiger partial charge in [-0.3, -0.25) is 9.59 Å². The number of likely N-dealkylation sites (N-methyl/N-ethyl adjacent to an activating group) is 1. The van der Waals surface area contributed by atoms with Gasteiger partial charge >= 0.3 is 0 Å². The highest BCUT2D eigenvalue weighted by atomic mass is 16.5. The van der Waals surface area contributed by atoms with Crippen LogP contribution in [0, 0.1) is 0 Å². The Balaban J connectivity index is 1.34. The highest BCUT2D eigenvalue weighted by Gasteiger charge is 2.27. The van der Waals surface area contributed by atoms with Crippen LogP contribution in [0.15, 0.2) is 18.2 Å². The lowest BCUT2D eigenvalue weighted by Gasteiger charge is -2.34. The standard InChI is InChI=1S/C29H42N8O4/c1-3-22-28(31-19-5-8-21(38)9-6-19)34-29(26(33-22)27(30)40)32-20-7-10-24-23(17-20)37(25(39)18-41-24)12-4-11-36-15-13-35(2)14-16-36/h7,10,17,19,21,38H,3-6,8-9,11-16,18H2,1-2H3,(H2,30,40)(H2,31,32,34). The zero-order chi connectivity index (χ0) is 28.9. The molecule has 2 aliphatic heterocycles. The van der Waals surface area contributed by atoms with Crippen LogP contribution in [0.4, 0.5) is 23.0 Å². The number of nitrogens with one attached hydrogen (secondary N) is 2. The Morgan fingerprint density at radius 1 is 1.10 bits per heavy atom. The van der Waals surface area contributed by atoms with E-state index in [0.717, 1.165) is 64.8 Å². The van der Waals surface area contributed by atoms with E-state index < -0.39 is 5.91 Å². The van der Waals surface area contributed by atoms with Crippen LogP contribution in [-0.2, 0) is 11.2 Å². The van der Waals surface area contributed by atoms with Crippen LogP contribution >= 0.6 is 0 Å². The van der Waals surface area contributed by atoms with Gasteiger partial charge in [0.25, 0.3) is 11.8 Å². The van der Waals surface area contributed by atoms with Gasteiger partial charge in [-0.25, -0.2) is 9.97 Å². The van der Waals surface area contributed by atoms with Gasteiger partial charge in [0, 0.05) is 44.5 Å². The van der Waals surface area contributed by atoms with E-state index >= 15 is 0 Å². The maximum Gasteiger partial charge on any atom is 0.271 e. The molecular weight excluding hydrogens is 524 g/mol. The Morgan fingerprint density at radius 2 is 1.85 bits per heavy atom. The fourth-order valence-corrected chi connectivity index (χ4v) is 5.69. The molecule has 0 atom stereocenters. The topological polar surface area (TPSA) is 149 Å². The Hall–Kier alpha value is -3.48. The number of aliphatic hydroxyl groups excluding tert-OH is 1. The number of anilines is 4. The summed E-state index contributed by atoms with van der Waals surface area (Å²) in [5.74, 6) is 0.728. The Kier molecular flexibility index (Phi) is 9.21. The van der Waals surface area contributed by atoms with Gasteiger partial charge < -0.3 is 40.9 Å². The van der Waals surface area contributed by atoms with Crippen molar-refractivity contribution in [3.8, 4) is 5.75 Å². The minimum absolute atomic E-state index is 0.0112. The highest BCUT2D eigenvalue weighted by molar-refractivity contribution is 5.99. The SMILES string of the molecule is CCc1nc(C(N)=O)c(Nc2ccc3c(c2)N(CCCN2CCN(C)CC2)C(=O)CO3)nc1NC1CCC(O)CC1. The fourth-order valence-electron chi connectivity index (χ4n) is 5.69. The number of nitrogens with zero attached hydrogens (tertiary/aromatic N) is 5. The van der Waals surface area contributed by atoms with Gasteiger partial charge in [-0.1, -0.05) is 6.92 Å². The molecule has 5 rings (SSSR count). The van der Waals surface area contributed by atoms with Crippen molar-refractivity contribution >= 4 is 34.8 Å². The Bertz CT molecular complexity index is 1240. The molecule has 222 valence electrons. The molecular formula is C29H42N8O4. The summed E-state index contributed by atoms with van der Waals surface area (Å²) in [5.41, 5.74) is 7.74. The van der Waals surface area contributed by atoms with Gasteiger partial charge in [0.05, 0.1) is 17.5 Å². The van der Waals surface area contributed by atoms with Crippen molar-refractivity contribution in [1.29, 1.82) is 0 Å². The van der Waals surface area contributed by atoms with Crippen LogP contribution < -0.4 is 26.0 Å². The zero-order valence-corrected chi connectivity index (χ0v) is 24.1. The van der Waals surface area contributed by atoms with Gasteiger partial charge in [0.1, 0.15) is 11.6 Å². The second-order valence-electron chi connectivity index (χ2n) is 11.2. The third-order valence-electron chi connectivity index (χ3n) is 8.19. The molecule has 5 N–H and O–H groups in total. The number of aryl methyl sites for hydroxylation is 1. The molecule has 1 saturated carbocycles. The molecule has 0 radical (unpaired) electrons. The maximum atomic E-state index is 12.9. The van der Waals surface area contributed by atoms with Crippen molar-refractivity contribution in [2.24, 2.45) is 5.73 Å². The number of rotatable bonds is 10. The van der Waals surface area contributed by atoms with E-state index in [1.807, 2.05) is 25.1 Å². The van der Waals surface area contributed by atoms with Crippen LogP contribution in [0.25, 0.3) is 0 Å². The summed E-state index contributed by atoms with van der Waals surface area (Å²) in [6, 6.07) is 5.66. The predicted octanol–water partition coefficient (Wildman–Crippen LogP) is 1.96. The second-order valence-corrected chi connectivity index (χ2v) is 11.2. The summed E-state index contributed by atoms with van der Waals surface area (Å²) in [5, 5.41) is 16.6. The van der Waals surface area contributed by atoms with Crippen LogP contribution in [0.3, 0.4) is 0 Å². The summed E-state index contributed by atoms with van der Waals surface area (Å²) in [6.07, 6.45) is 4.30. The van der Waals surface area contributed by atoms with E-state index in [4.69, 9.17) is 15.5 Å². The average molecular weight is 567 g/mol. The van der Waals surface area contributed by atoms with E-state index in [-0.39, 0.29) is 36.2 Å². The first-order valence-corrected chi connectivity index (χ1v) is 14.7. The van der Waals surface area contributed by atoms with Crippen molar-refractivity contribution < 1.29 is 19.4 Å². The number of aromatic nitrogens is 2. The molecule has 2 aromatic rings. The number of ether oxygens (including phenoxy) is 1. The molecule has 0 unspecified atom stereocenters. The van der Waals surface area contributed by atoms with E-state index in [1.54, 1.807) is 4.90 Å². The largest absolute Gasteiger partial charge is 0.482 e. The summed E-state index contributed by atoms with van der Waals surface area (Å²) < 4.78 is 5.72. The van der Waals surface area contributed by atoms with Crippen LogP contribution in [0.5, 0.6) is 5.75 Å². The molecule has 12 heteroatoms. The molecule has 0 spiro atoms. The average Bonchev–Trinajstić information content (AvgIpc) is 2.96. The molecule has 12 nitrogen and oxygen atoms in total. The molecule has 3 aliphatic rings. The molecule has 1 saturated heterocycles. The van der Waals surface area contributed by atoms with Crippen molar-refractivity contribution in [1.82, 2.24) is 19.8 Å². The van der Waals surface area contributed by atoms with Crippen molar-refractivity contribution in [2.75, 3.05) is 68.5 Å². The quantitative estimate of drug-likeness (QED) is 0.336. The minimum atomic E-state index is -0.677. The molecule has 0 bridgehead atoms. The summed E-state index contributed by atoms with van der Waals surface area (Å²) >= 11 is 0. The van der Waals surface area contributed by atoms with Gasteiger partial charge in [0.2, 0.25) is 0 Å². The maximum absolute atomic E-state index is 12.9. The van der Waals surface area contributed by atoms with E-state index in [2.05, 4.69) is 32.5 Å². The summed E-state index contributed by atoms with van der Waals surface area (Å²) in [4.78, 5) is 41.1. The van der Waals surface area contributed by atoms with E-state index in [9.17, 15) is 14.7 Å². The van der Waals surface area contributed by atoms with Gasteiger partial charge in [-0.15, -0.1) is 0 Å². The third kappa shape index (κ3) is 7.06. The number of carbonyl (C=O) groups is 2. The molecule has 3 heterocycles. The van der Waals surface area contributed by atoms with Gasteiger partial charge in [-0.05, 0) is 70.3 Å². The van der Waals surface area contributed by atoms with Crippen LogP contribution in [0.2, 0.25) is 0 Å². The molecule has 1 aromatic heterocycles. The van der Waals surface area contributed by atoms with E-state index in [1.165, 1.54) is 0 Å². The lowest BCUT2D eigenvalue weighted by Crippen LogP contribution is -2.46. The number of piperazine rings is 1. The first kappa shape index (κ1) is 29.0. The number of carbonyl (C=O) groups excluding carboxylic acids is 2. The third-order valence-corrected chi connectivity index (χ3v) is 8.19. The molecule has 1 aliphatic carbocycles. The molecule has 41 heavy (non-hydrogen) atoms. The first-order valence-electron chi connectivity index (χ1n) is 14.7. The molecule has 2 fully saturated rings. The molecule has 2 amide bonds. The molecule has 1 aromatic carbocycles.